The molecule has 0 saturated heterocycles. The first-order chi connectivity index (χ1) is 6.93. The minimum atomic E-state index is -0.930. The van der Waals surface area contributed by atoms with E-state index in [1.807, 2.05) is 13.8 Å². The van der Waals surface area contributed by atoms with Crippen LogP contribution in [0, 0.1) is 24.5 Å². The molecular weight excluding hydrogens is 198 g/mol. The second-order valence-electron chi connectivity index (χ2n) is 4.24. The first kappa shape index (κ1) is 12.1. The predicted octanol–water partition coefficient (Wildman–Crippen LogP) is 3.35. The van der Waals surface area contributed by atoms with Gasteiger partial charge in [0.15, 0.2) is 11.6 Å². The average molecular weight is 214 g/mol. The van der Waals surface area contributed by atoms with Gasteiger partial charge in [0.05, 0.1) is 6.10 Å². The van der Waals surface area contributed by atoms with Crippen LogP contribution in [0.4, 0.5) is 8.78 Å². The zero-order valence-electron chi connectivity index (χ0n) is 9.22. The Kier molecular flexibility index (Phi) is 3.80. The number of benzene rings is 1. The molecule has 0 spiro atoms. The van der Waals surface area contributed by atoms with Crippen LogP contribution < -0.4 is 0 Å². The highest BCUT2D eigenvalue weighted by molar-refractivity contribution is 5.26. The van der Waals surface area contributed by atoms with Crippen molar-refractivity contribution < 1.29 is 13.9 Å². The third kappa shape index (κ3) is 2.75. The molecule has 84 valence electrons. The molecule has 1 aromatic carbocycles. The zero-order valence-corrected chi connectivity index (χ0v) is 9.22. The van der Waals surface area contributed by atoms with E-state index in [-0.39, 0.29) is 17.0 Å². The minimum Gasteiger partial charge on any atom is -0.388 e. The van der Waals surface area contributed by atoms with Crippen LogP contribution >= 0.6 is 0 Å². The van der Waals surface area contributed by atoms with Crippen molar-refractivity contribution in [3.8, 4) is 0 Å². The Hall–Kier alpha value is -0.960. The number of aliphatic hydroxyl groups is 1. The number of aliphatic hydroxyl groups excluding tert-OH is 1. The lowest BCUT2D eigenvalue weighted by Crippen LogP contribution is -2.06. The van der Waals surface area contributed by atoms with E-state index in [1.54, 1.807) is 0 Å². The number of hydrogen-bond donors (Lipinski definition) is 1. The van der Waals surface area contributed by atoms with Gasteiger partial charge in [0.2, 0.25) is 0 Å². The smallest absolute Gasteiger partial charge is 0.164 e. The summed E-state index contributed by atoms with van der Waals surface area (Å²) in [5, 5.41) is 9.68. The summed E-state index contributed by atoms with van der Waals surface area (Å²) in [7, 11) is 0. The van der Waals surface area contributed by atoms with Crippen molar-refractivity contribution in [1.29, 1.82) is 0 Å². The fraction of sp³-hybridized carbons (Fsp3) is 0.500. The fourth-order valence-electron chi connectivity index (χ4n) is 1.49. The number of hydrogen-bond acceptors (Lipinski definition) is 1. The van der Waals surface area contributed by atoms with Crippen LogP contribution in [-0.2, 0) is 0 Å². The lowest BCUT2D eigenvalue weighted by Gasteiger charge is -2.14. The molecule has 0 aliphatic rings. The molecule has 0 radical (unpaired) electrons. The number of halogens is 2. The maximum Gasteiger partial charge on any atom is 0.164 e. The molecule has 0 bridgehead atoms. The Morgan fingerprint density at radius 3 is 2.33 bits per heavy atom. The highest BCUT2D eigenvalue weighted by atomic mass is 19.2. The van der Waals surface area contributed by atoms with Crippen LogP contribution in [0.25, 0.3) is 0 Å². The van der Waals surface area contributed by atoms with Gasteiger partial charge in [0.1, 0.15) is 0 Å². The summed E-state index contributed by atoms with van der Waals surface area (Å²) in [6.07, 6.45) is -0.500. The molecule has 0 amide bonds. The summed E-state index contributed by atoms with van der Waals surface area (Å²) in [5.74, 6) is -1.55. The molecular formula is C12H16F2O. The zero-order chi connectivity index (χ0) is 11.6. The maximum absolute atomic E-state index is 13.4. The van der Waals surface area contributed by atoms with E-state index >= 15 is 0 Å². The van der Waals surface area contributed by atoms with Gasteiger partial charge in [0, 0.05) is 5.56 Å². The highest BCUT2D eigenvalue weighted by Crippen LogP contribution is 2.26. The van der Waals surface area contributed by atoms with Crippen molar-refractivity contribution in [3.63, 3.8) is 0 Å². The molecule has 15 heavy (non-hydrogen) atoms. The first-order valence-electron chi connectivity index (χ1n) is 5.06. The van der Waals surface area contributed by atoms with E-state index in [0.717, 1.165) is 0 Å². The Bertz CT molecular complexity index is 348. The lowest BCUT2D eigenvalue weighted by atomic mass is 9.98. The van der Waals surface area contributed by atoms with Crippen LogP contribution in [0.5, 0.6) is 0 Å². The molecule has 1 N–H and O–H groups in total. The summed E-state index contributed by atoms with van der Waals surface area (Å²) in [6.45, 7) is 5.34. The van der Waals surface area contributed by atoms with Gasteiger partial charge in [-0.05, 0) is 24.8 Å². The van der Waals surface area contributed by atoms with Crippen LogP contribution in [0.15, 0.2) is 12.1 Å². The van der Waals surface area contributed by atoms with E-state index in [4.69, 9.17) is 0 Å². The van der Waals surface area contributed by atoms with Crippen molar-refractivity contribution in [1.82, 2.24) is 0 Å². The quantitative estimate of drug-likeness (QED) is 0.818. The summed E-state index contributed by atoms with van der Waals surface area (Å²) in [5.41, 5.74) is 0.305. The van der Waals surface area contributed by atoms with Gasteiger partial charge in [0.25, 0.3) is 0 Å². The van der Waals surface area contributed by atoms with E-state index < -0.39 is 17.7 Å². The second kappa shape index (κ2) is 4.71. The van der Waals surface area contributed by atoms with E-state index in [1.165, 1.54) is 19.1 Å². The maximum atomic E-state index is 13.4. The van der Waals surface area contributed by atoms with Crippen molar-refractivity contribution in [2.24, 2.45) is 5.92 Å². The lowest BCUT2D eigenvalue weighted by molar-refractivity contribution is 0.145. The minimum absolute atomic E-state index is 0.0480. The van der Waals surface area contributed by atoms with Gasteiger partial charge >= 0.3 is 0 Å². The van der Waals surface area contributed by atoms with Crippen LogP contribution in [0.1, 0.15) is 37.5 Å². The monoisotopic (exact) mass is 214 g/mol. The van der Waals surface area contributed by atoms with Crippen molar-refractivity contribution in [3.05, 3.63) is 34.9 Å². The molecule has 1 unspecified atom stereocenters. The molecule has 0 heterocycles. The fourth-order valence-corrected chi connectivity index (χ4v) is 1.49. The predicted molar refractivity (Wildman–Crippen MR) is 55.5 cm³/mol. The Labute approximate surface area is 88.7 Å². The molecule has 0 saturated carbocycles. The van der Waals surface area contributed by atoms with E-state index in [9.17, 15) is 13.9 Å². The van der Waals surface area contributed by atoms with Crippen LogP contribution in [0.2, 0.25) is 0 Å². The average Bonchev–Trinajstić information content (AvgIpc) is 2.13. The summed E-state index contributed by atoms with van der Waals surface area (Å²) >= 11 is 0. The van der Waals surface area contributed by atoms with Gasteiger partial charge < -0.3 is 5.11 Å². The Morgan fingerprint density at radius 2 is 1.80 bits per heavy atom. The van der Waals surface area contributed by atoms with Gasteiger partial charge in [-0.25, -0.2) is 8.78 Å². The molecule has 1 aromatic rings. The summed E-state index contributed by atoms with van der Waals surface area (Å²) in [6, 6.07) is 2.93. The summed E-state index contributed by atoms with van der Waals surface area (Å²) < 4.78 is 26.6. The Balaban J connectivity index is 3.00. The SMILES string of the molecule is Cc1ccc(C(O)CC(C)C)c(F)c1F. The molecule has 0 aromatic heterocycles. The number of aryl methyl sites for hydroxylation is 1. The van der Waals surface area contributed by atoms with Crippen molar-refractivity contribution in [2.75, 3.05) is 0 Å². The van der Waals surface area contributed by atoms with Gasteiger partial charge in [-0.3, -0.25) is 0 Å². The van der Waals surface area contributed by atoms with E-state index in [0.29, 0.717) is 6.42 Å². The highest BCUT2D eigenvalue weighted by Gasteiger charge is 2.18. The third-order valence-electron chi connectivity index (χ3n) is 2.36. The normalized spacial score (nSPS) is 13.3. The Morgan fingerprint density at radius 1 is 1.20 bits per heavy atom. The molecule has 1 nitrogen and oxygen atoms in total. The largest absolute Gasteiger partial charge is 0.388 e. The standard InChI is InChI=1S/C12H16F2O/c1-7(2)6-10(15)9-5-4-8(3)11(13)12(9)14/h4-5,7,10,15H,6H2,1-3H3. The third-order valence-corrected chi connectivity index (χ3v) is 2.36. The molecule has 3 heteroatoms. The topological polar surface area (TPSA) is 20.2 Å². The first-order valence-corrected chi connectivity index (χ1v) is 5.06. The molecule has 0 aliphatic heterocycles. The second-order valence-corrected chi connectivity index (χ2v) is 4.24. The molecule has 1 rings (SSSR count). The molecule has 0 aliphatic carbocycles. The van der Waals surface area contributed by atoms with E-state index in [2.05, 4.69) is 0 Å². The van der Waals surface area contributed by atoms with Crippen molar-refractivity contribution >= 4 is 0 Å². The summed E-state index contributed by atoms with van der Waals surface area (Å²) in [4.78, 5) is 0. The number of rotatable bonds is 3. The van der Waals surface area contributed by atoms with Crippen LogP contribution in [0.3, 0.4) is 0 Å². The van der Waals surface area contributed by atoms with Gasteiger partial charge in [-0.15, -0.1) is 0 Å². The molecule has 1 atom stereocenters. The van der Waals surface area contributed by atoms with Gasteiger partial charge in [-0.2, -0.15) is 0 Å². The molecule has 0 fully saturated rings. The van der Waals surface area contributed by atoms with Crippen molar-refractivity contribution in [2.45, 2.75) is 33.3 Å². The van der Waals surface area contributed by atoms with Crippen LogP contribution in [-0.4, -0.2) is 5.11 Å². The van der Waals surface area contributed by atoms with Gasteiger partial charge in [-0.1, -0.05) is 26.0 Å².